The van der Waals surface area contributed by atoms with Crippen molar-refractivity contribution in [3.63, 3.8) is 0 Å². The molecule has 5 heteroatoms. The zero-order chi connectivity index (χ0) is 14.5. The molecule has 1 atom stereocenters. The quantitative estimate of drug-likeness (QED) is 0.841. The Balaban J connectivity index is 1.94. The lowest BCUT2D eigenvalue weighted by atomic mass is 10.0. The zero-order valence-electron chi connectivity index (χ0n) is 11.6. The second kappa shape index (κ2) is 6.52. The van der Waals surface area contributed by atoms with Gasteiger partial charge in [0.25, 0.3) is 0 Å². The second-order valence-corrected chi connectivity index (χ2v) is 5.16. The van der Waals surface area contributed by atoms with Gasteiger partial charge in [-0.2, -0.15) is 0 Å². The molecule has 1 unspecified atom stereocenters. The number of likely N-dealkylation sites (N-methyl/N-ethyl adjacent to an activating group) is 1. The number of carbonyl (C=O) groups is 2. The summed E-state index contributed by atoms with van der Waals surface area (Å²) in [6.07, 6.45) is 1.44. The van der Waals surface area contributed by atoms with Crippen LogP contribution in [0.1, 0.15) is 22.3 Å². The maximum atomic E-state index is 12.2. The third kappa shape index (κ3) is 3.36. The van der Waals surface area contributed by atoms with Gasteiger partial charge >= 0.3 is 5.97 Å². The van der Waals surface area contributed by atoms with Crippen LogP contribution in [0.3, 0.4) is 0 Å². The van der Waals surface area contributed by atoms with E-state index in [1.54, 1.807) is 30.1 Å². The summed E-state index contributed by atoms with van der Waals surface area (Å²) >= 11 is 0. The van der Waals surface area contributed by atoms with E-state index >= 15 is 0 Å². The van der Waals surface area contributed by atoms with Gasteiger partial charge in [-0.1, -0.05) is 18.2 Å². The number of amides is 1. The molecule has 2 rings (SSSR count). The Morgan fingerprint density at radius 3 is 2.80 bits per heavy atom. The van der Waals surface area contributed by atoms with E-state index in [0.717, 1.165) is 25.1 Å². The molecule has 1 amide bonds. The first-order valence-electron chi connectivity index (χ1n) is 6.86. The molecular weight excluding hydrogens is 256 g/mol. The lowest BCUT2D eigenvalue weighted by molar-refractivity contribution is -0.133. The number of hydrogen-bond donors (Lipinski definition) is 2. The number of aromatic carboxylic acids is 1. The van der Waals surface area contributed by atoms with Crippen molar-refractivity contribution in [2.45, 2.75) is 12.8 Å². The molecule has 1 aromatic carbocycles. The predicted molar refractivity (Wildman–Crippen MR) is 75.7 cm³/mol. The standard InChI is InChI=1S/C15H20N2O3/c1-17(14(18)12-6-8-16-10-12)9-7-11-4-2-3-5-13(11)15(19)20/h2-5,12,16H,6-10H2,1H3,(H,19,20). The van der Waals surface area contributed by atoms with Gasteiger partial charge in [0.1, 0.15) is 0 Å². The number of carboxylic acids is 1. The Hall–Kier alpha value is -1.88. The Bertz CT molecular complexity index is 496. The minimum atomic E-state index is -0.922. The van der Waals surface area contributed by atoms with Gasteiger partial charge in [-0.25, -0.2) is 4.79 Å². The van der Waals surface area contributed by atoms with Crippen molar-refractivity contribution in [3.8, 4) is 0 Å². The van der Waals surface area contributed by atoms with Crippen LogP contribution in [-0.2, 0) is 11.2 Å². The number of carboxylic acid groups (broad SMARTS) is 1. The minimum Gasteiger partial charge on any atom is -0.478 e. The fourth-order valence-corrected chi connectivity index (χ4v) is 2.52. The van der Waals surface area contributed by atoms with Crippen LogP contribution in [0, 0.1) is 5.92 Å². The Morgan fingerprint density at radius 1 is 1.40 bits per heavy atom. The lowest BCUT2D eigenvalue weighted by Gasteiger charge is -2.21. The minimum absolute atomic E-state index is 0.0646. The summed E-state index contributed by atoms with van der Waals surface area (Å²) in [7, 11) is 1.78. The topological polar surface area (TPSA) is 69.6 Å². The highest BCUT2D eigenvalue weighted by atomic mass is 16.4. The normalized spacial score (nSPS) is 17.9. The van der Waals surface area contributed by atoms with Crippen molar-refractivity contribution in [2.75, 3.05) is 26.7 Å². The summed E-state index contributed by atoms with van der Waals surface area (Å²) in [5, 5.41) is 12.3. The molecule has 2 N–H and O–H groups in total. The maximum absolute atomic E-state index is 12.2. The van der Waals surface area contributed by atoms with Crippen LogP contribution in [0.2, 0.25) is 0 Å². The first-order chi connectivity index (χ1) is 9.59. The molecular formula is C15H20N2O3. The molecule has 1 fully saturated rings. The third-order valence-electron chi connectivity index (χ3n) is 3.75. The van der Waals surface area contributed by atoms with Gasteiger partial charge in [0.15, 0.2) is 0 Å². The zero-order valence-corrected chi connectivity index (χ0v) is 11.6. The van der Waals surface area contributed by atoms with Crippen molar-refractivity contribution >= 4 is 11.9 Å². The summed E-state index contributed by atoms with van der Waals surface area (Å²) in [5.41, 5.74) is 1.08. The third-order valence-corrected chi connectivity index (χ3v) is 3.75. The second-order valence-electron chi connectivity index (χ2n) is 5.16. The summed E-state index contributed by atoms with van der Waals surface area (Å²) in [6.45, 7) is 2.18. The van der Waals surface area contributed by atoms with Gasteiger partial charge in [0, 0.05) is 20.1 Å². The van der Waals surface area contributed by atoms with Crippen LogP contribution >= 0.6 is 0 Å². The highest BCUT2D eigenvalue weighted by Crippen LogP contribution is 2.13. The van der Waals surface area contributed by atoms with Crippen molar-refractivity contribution in [3.05, 3.63) is 35.4 Å². The summed E-state index contributed by atoms with van der Waals surface area (Å²) in [4.78, 5) is 25.0. The lowest BCUT2D eigenvalue weighted by Crippen LogP contribution is -2.35. The van der Waals surface area contributed by atoms with Gasteiger partial charge in [0.2, 0.25) is 5.91 Å². The van der Waals surface area contributed by atoms with Crippen LogP contribution in [0.15, 0.2) is 24.3 Å². The molecule has 0 aliphatic carbocycles. The van der Waals surface area contributed by atoms with E-state index in [9.17, 15) is 9.59 Å². The molecule has 5 nitrogen and oxygen atoms in total. The number of benzene rings is 1. The molecule has 1 aromatic rings. The first-order valence-corrected chi connectivity index (χ1v) is 6.86. The van der Waals surface area contributed by atoms with Gasteiger partial charge in [-0.15, -0.1) is 0 Å². The van der Waals surface area contributed by atoms with E-state index in [1.807, 2.05) is 6.07 Å². The SMILES string of the molecule is CN(CCc1ccccc1C(=O)O)C(=O)C1CCNC1. The molecule has 1 heterocycles. The molecule has 0 spiro atoms. The molecule has 0 saturated carbocycles. The number of nitrogens with one attached hydrogen (secondary N) is 1. The Kier molecular flexibility index (Phi) is 4.74. The first kappa shape index (κ1) is 14.5. The Labute approximate surface area is 118 Å². The van der Waals surface area contributed by atoms with Crippen molar-refractivity contribution in [1.82, 2.24) is 10.2 Å². The van der Waals surface area contributed by atoms with E-state index in [1.165, 1.54) is 0 Å². The molecule has 20 heavy (non-hydrogen) atoms. The van der Waals surface area contributed by atoms with Crippen LogP contribution in [0.4, 0.5) is 0 Å². The van der Waals surface area contributed by atoms with Crippen molar-refractivity contribution in [1.29, 1.82) is 0 Å². The van der Waals surface area contributed by atoms with Gasteiger partial charge < -0.3 is 15.3 Å². The average molecular weight is 276 g/mol. The largest absolute Gasteiger partial charge is 0.478 e. The number of carbonyl (C=O) groups excluding carboxylic acids is 1. The Morgan fingerprint density at radius 2 is 2.15 bits per heavy atom. The monoisotopic (exact) mass is 276 g/mol. The molecule has 1 saturated heterocycles. The molecule has 0 radical (unpaired) electrons. The number of rotatable bonds is 5. The molecule has 1 aliphatic heterocycles. The van der Waals surface area contributed by atoms with Crippen LogP contribution in [0.25, 0.3) is 0 Å². The average Bonchev–Trinajstić information content (AvgIpc) is 2.98. The van der Waals surface area contributed by atoms with Gasteiger partial charge in [-0.05, 0) is 31.0 Å². The highest BCUT2D eigenvalue weighted by molar-refractivity contribution is 5.89. The maximum Gasteiger partial charge on any atom is 0.335 e. The van der Waals surface area contributed by atoms with E-state index in [4.69, 9.17) is 5.11 Å². The fraction of sp³-hybridized carbons (Fsp3) is 0.467. The van der Waals surface area contributed by atoms with Crippen LogP contribution in [0.5, 0.6) is 0 Å². The van der Waals surface area contributed by atoms with E-state index < -0.39 is 5.97 Å². The summed E-state index contributed by atoms with van der Waals surface area (Å²) in [6, 6.07) is 6.94. The molecule has 1 aliphatic rings. The number of hydrogen-bond acceptors (Lipinski definition) is 3. The fourth-order valence-electron chi connectivity index (χ4n) is 2.52. The molecule has 0 aromatic heterocycles. The highest BCUT2D eigenvalue weighted by Gasteiger charge is 2.25. The van der Waals surface area contributed by atoms with Crippen LogP contribution < -0.4 is 5.32 Å². The number of nitrogens with zero attached hydrogens (tertiary/aromatic N) is 1. The smallest absolute Gasteiger partial charge is 0.335 e. The van der Waals surface area contributed by atoms with Gasteiger partial charge in [0.05, 0.1) is 11.5 Å². The van der Waals surface area contributed by atoms with E-state index in [-0.39, 0.29) is 11.8 Å². The van der Waals surface area contributed by atoms with E-state index in [2.05, 4.69) is 5.32 Å². The van der Waals surface area contributed by atoms with Crippen molar-refractivity contribution in [2.24, 2.45) is 5.92 Å². The van der Waals surface area contributed by atoms with Gasteiger partial charge in [-0.3, -0.25) is 4.79 Å². The van der Waals surface area contributed by atoms with Crippen LogP contribution in [-0.4, -0.2) is 48.6 Å². The van der Waals surface area contributed by atoms with Crippen molar-refractivity contribution < 1.29 is 14.7 Å². The summed E-state index contributed by atoms with van der Waals surface area (Å²) in [5.74, 6) is -0.716. The van der Waals surface area contributed by atoms with E-state index in [0.29, 0.717) is 18.5 Å². The summed E-state index contributed by atoms with van der Waals surface area (Å²) < 4.78 is 0. The molecule has 108 valence electrons. The predicted octanol–water partition coefficient (Wildman–Crippen LogP) is 0.995. The molecule has 0 bridgehead atoms.